The van der Waals surface area contributed by atoms with Crippen LogP contribution in [0.3, 0.4) is 0 Å². The Hall–Kier alpha value is 0.330. The lowest BCUT2D eigenvalue weighted by Crippen LogP contribution is -2.15. The Balaban J connectivity index is 4.12. The fraction of sp³-hybridized carbons (Fsp3) is 0.923. The Labute approximate surface area is 115 Å². The van der Waals surface area contributed by atoms with E-state index in [1.54, 1.807) is 11.9 Å². The number of carbonyl (C=O) groups is 1. The van der Waals surface area contributed by atoms with E-state index >= 15 is 0 Å². The minimum Gasteiger partial charge on any atom is -0.300 e. The van der Waals surface area contributed by atoms with Gasteiger partial charge in [-0.25, -0.2) is 0 Å². The number of ketones is 1. The number of nitrogens with zero attached hydrogens (tertiary/aromatic N) is 1. The van der Waals surface area contributed by atoms with Crippen molar-refractivity contribution in [1.82, 2.24) is 4.31 Å². The van der Waals surface area contributed by atoms with Crippen LogP contribution in [0.15, 0.2) is 0 Å². The molecule has 0 N–H and O–H groups in total. The topological polar surface area (TPSA) is 20.3 Å². The van der Waals surface area contributed by atoms with Gasteiger partial charge in [-0.05, 0) is 31.7 Å². The summed E-state index contributed by atoms with van der Waals surface area (Å²) in [7, 11) is 4.08. The minimum atomic E-state index is 0.374. The summed E-state index contributed by atoms with van der Waals surface area (Å²) in [6, 6.07) is 0. The highest BCUT2D eigenvalue weighted by atomic mass is 32.2. The van der Waals surface area contributed by atoms with Gasteiger partial charge in [-0.3, -0.25) is 9.10 Å². The minimum absolute atomic E-state index is 0.374. The molecule has 1 unspecified atom stereocenters. The smallest absolute Gasteiger partial charge is 0.135 e. The molecule has 0 aromatic carbocycles. The lowest BCUT2D eigenvalue weighted by atomic mass is 10.1. The summed E-state index contributed by atoms with van der Waals surface area (Å²) >= 11 is 3.69. The first-order chi connectivity index (χ1) is 7.81. The van der Waals surface area contributed by atoms with Crippen molar-refractivity contribution in [2.75, 3.05) is 19.8 Å². The molecular formula is C13H27NOS2. The molecule has 17 heavy (non-hydrogen) atoms. The van der Waals surface area contributed by atoms with Crippen LogP contribution in [0.1, 0.15) is 40.5 Å². The average Bonchev–Trinajstić information content (AvgIpc) is 2.11. The lowest BCUT2D eigenvalue weighted by molar-refractivity contribution is -0.119. The Bertz CT molecular complexity index is 217. The predicted octanol–water partition coefficient (Wildman–Crippen LogP) is 3.92. The second-order valence-electron chi connectivity index (χ2n) is 5.42. The molecule has 0 saturated carbocycles. The van der Waals surface area contributed by atoms with Gasteiger partial charge in [-0.2, -0.15) is 0 Å². The van der Waals surface area contributed by atoms with E-state index < -0.39 is 0 Å². The van der Waals surface area contributed by atoms with Crippen LogP contribution < -0.4 is 0 Å². The van der Waals surface area contributed by atoms with Gasteiger partial charge >= 0.3 is 0 Å². The number of hydrogen-bond donors (Lipinski definition) is 0. The zero-order valence-corrected chi connectivity index (χ0v) is 13.7. The van der Waals surface area contributed by atoms with E-state index in [2.05, 4.69) is 32.0 Å². The molecule has 0 aliphatic heterocycles. The number of thioether (sulfide) groups is 1. The fourth-order valence-corrected chi connectivity index (χ4v) is 4.02. The Kier molecular flexibility index (Phi) is 9.47. The number of hydrogen-bond acceptors (Lipinski definition) is 4. The van der Waals surface area contributed by atoms with Crippen LogP contribution >= 0.6 is 23.7 Å². The van der Waals surface area contributed by atoms with Crippen molar-refractivity contribution in [3.8, 4) is 0 Å². The summed E-state index contributed by atoms with van der Waals surface area (Å²) in [6.07, 6.45) is 1.41. The van der Waals surface area contributed by atoms with Crippen molar-refractivity contribution in [1.29, 1.82) is 0 Å². The highest BCUT2D eigenvalue weighted by molar-refractivity contribution is 8.16. The molecule has 0 spiro atoms. The molecule has 4 heteroatoms. The van der Waals surface area contributed by atoms with Gasteiger partial charge in [0.15, 0.2) is 0 Å². The van der Waals surface area contributed by atoms with Crippen LogP contribution in [0.25, 0.3) is 0 Å². The fourth-order valence-electron chi connectivity index (χ4n) is 1.39. The molecule has 1 atom stereocenters. The van der Waals surface area contributed by atoms with Gasteiger partial charge in [0.05, 0.1) is 4.58 Å². The third-order valence-corrected chi connectivity index (χ3v) is 4.86. The highest BCUT2D eigenvalue weighted by Gasteiger charge is 2.17. The van der Waals surface area contributed by atoms with Gasteiger partial charge in [-0.15, -0.1) is 11.8 Å². The Morgan fingerprint density at radius 1 is 1.06 bits per heavy atom. The van der Waals surface area contributed by atoms with Crippen molar-refractivity contribution < 1.29 is 4.79 Å². The summed E-state index contributed by atoms with van der Waals surface area (Å²) in [4.78, 5) is 11.8. The summed E-state index contributed by atoms with van der Waals surface area (Å²) in [5.41, 5.74) is 0. The SMILES string of the molecule is CC(C)CSC(CC(=O)CC(C)C)SN(C)C. The van der Waals surface area contributed by atoms with Crippen molar-refractivity contribution in [2.45, 2.75) is 45.1 Å². The maximum Gasteiger partial charge on any atom is 0.135 e. The number of carbonyl (C=O) groups excluding carboxylic acids is 1. The van der Waals surface area contributed by atoms with E-state index in [1.807, 2.05) is 25.9 Å². The molecule has 0 bridgehead atoms. The van der Waals surface area contributed by atoms with Crippen molar-refractivity contribution in [3.05, 3.63) is 0 Å². The van der Waals surface area contributed by atoms with E-state index in [4.69, 9.17) is 0 Å². The maximum absolute atomic E-state index is 11.8. The second-order valence-corrected chi connectivity index (χ2v) is 8.46. The second kappa shape index (κ2) is 9.29. The molecule has 102 valence electrons. The zero-order valence-electron chi connectivity index (χ0n) is 12.0. The molecule has 0 radical (unpaired) electrons. The van der Waals surface area contributed by atoms with Crippen LogP contribution in [-0.4, -0.2) is 34.5 Å². The standard InChI is InChI=1S/C13H27NOS2/c1-10(2)7-12(15)8-13(17-14(5)6)16-9-11(3)4/h10-11,13H,7-9H2,1-6H3. The molecular weight excluding hydrogens is 250 g/mol. The molecule has 0 aromatic rings. The van der Waals surface area contributed by atoms with Crippen molar-refractivity contribution in [2.24, 2.45) is 11.8 Å². The Morgan fingerprint density at radius 2 is 1.65 bits per heavy atom. The van der Waals surface area contributed by atoms with E-state index in [1.165, 1.54) is 0 Å². The average molecular weight is 277 g/mol. The summed E-state index contributed by atoms with van der Waals surface area (Å²) in [5, 5.41) is 0. The normalized spacial score (nSPS) is 13.7. The first kappa shape index (κ1) is 17.3. The van der Waals surface area contributed by atoms with Gasteiger partial charge < -0.3 is 0 Å². The van der Waals surface area contributed by atoms with Crippen molar-refractivity contribution >= 4 is 29.5 Å². The van der Waals surface area contributed by atoms with Gasteiger partial charge in [0.25, 0.3) is 0 Å². The van der Waals surface area contributed by atoms with Crippen molar-refractivity contribution in [3.63, 3.8) is 0 Å². The molecule has 0 fully saturated rings. The Morgan fingerprint density at radius 3 is 2.06 bits per heavy atom. The summed E-state index contributed by atoms with van der Waals surface area (Å²) in [6.45, 7) is 8.65. The maximum atomic E-state index is 11.8. The summed E-state index contributed by atoms with van der Waals surface area (Å²) in [5.74, 6) is 2.68. The van der Waals surface area contributed by atoms with Gasteiger partial charge in [0, 0.05) is 12.8 Å². The van der Waals surface area contributed by atoms with Gasteiger partial charge in [-0.1, -0.05) is 39.6 Å². The molecule has 2 nitrogen and oxygen atoms in total. The monoisotopic (exact) mass is 277 g/mol. The predicted molar refractivity (Wildman–Crippen MR) is 81.4 cm³/mol. The molecule has 0 aliphatic rings. The van der Waals surface area contributed by atoms with E-state index in [0.29, 0.717) is 35.0 Å². The van der Waals surface area contributed by atoms with Crippen LogP contribution in [0.2, 0.25) is 0 Å². The largest absolute Gasteiger partial charge is 0.300 e. The van der Waals surface area contributed by atoms with Gasteiger partial charge in [0.1, 0.15) is 5.78 Å². The van der Waals surface area contributed by atoms with Gasteiger partial charge in [0.2, 0.25) is 0 Å². The quantitative estimate of drug-likeness (QED) is 0.470. The van der Waals surface area contributed by atoms with Crippen LogP contribution in [-0.2, 0) is 4.79 Å². The third-order valence-electron chi connectivity index (χ3n) is 1.97. The van der Waals surface area contributed by atoms with E-state index in [9.17, 15) is 4.79 Å². The first-order valence-electron chi connectivity index (χ1n) is 6.28. The number of Topliss-reactive ketones (excluding diaryl/α,β-unsaturated/α-hetero) is 1. The van der Waals surface area contributed by atoms with E-state index in [0.717, 1.165) is 5.75 Å². The third kappa shape index (κ3) is 11.2. The number of rotatable bonds is 9. The highest BCUT2D eigenvalue weighted by Crippen LogP contribution is 2.30. The van der Waals surface area contributed by atoms with E-state index in [-0.39, 0.29) is 0 Å². The molecule has 0 heterocycles. The molecule has 0 amide bonds. The lowest BCUT2D eigenvalue weighted by Gasteiger charge is -2.20. The molecule has 0 aliphatic carbocycles. The molecule has 0 aromatic heterocycles. The zero-order chi connectivity index (χ0) is 13.4. The molecule has 0 saturated heterocycles. The first-order valence-corrected chi connectivity index (χ1v) is 8.17. The van der Waals surface area contributed by atoms with Crippen LogP contribution in [0.5, 0.6) is 0 Å². The summed E-state index contributed by atoms with van der Waals surface area (Å²) < 4.78 is 2.47. The van der Waals surface area contributed by atoms with Crippen LogP contribution in [0.4, 0.5) is 0 Å². The molecule has 0 rings (SSSR count). The van der Waals surface area contributed by atoms with Crippen LogP contribution in [0, 0.1) is 11.8 Å².